The second-order valence-corrected chi connectivity index (χ2v) is 14.6. The summed E-state index contributed by atoms with van der Waals surface area (Å²) in [6.45, 7) is 4.38. The number of aliphatic carboxylic acids is 1. The Morgan fingerprint density at radius 3 is 2.51 bits per heavy atom. The van der Waals surface area contributed by atoms with Crippen molar-refractivity contribution < 1.29 is 38.4 Å². The number of carboxylic acid groups (broad SMARTS) is 1. The minimum Gasteiger partial charge on any atom is -0.496 e. The van der Waals surface area contributed by atoms with Gasteiger partial charge < -0.3 is 34.3 Å². The number of methoxy groups -OCH3 is 1. The standard InChI is InChI=1S/C36H49N3O8/c1-36(2)15-9-12-23-16-26-27(18-29(23)44-3)37-31(47-24-13-7-8-14-24)19-30(26)46-25-17-28(34(41)42)39(20-25)33(40)32(38-35(43)45-21-36)22-10-5-4-6-11-22/h16,18-19,22,24-25,28,32H,4-15,17,20-21H2,1-3H3,(H,38,43)(H,41,42)/t25-,28-,32-/m0/s1. The normalized spacial score (nSPS) is 26.3. The van der Waals surface area contributed by atoms with Crippen LogP contribution in [-0.2, 0) is 20.7 Å². The number of rotatable bonds is 5. The van der Waals surface area contributed by atoms with E-state index in [-0.39, 0.29) is 37.0 Å². The third-order valence-electron chi connectivity index (χ3n) is 10.4. The van der Waals surface area contributed by atoms with Gasteiger partial charge in [0.2, 0.25) is 11.8 Å². The lowest BCUT2D eigenvalue weighted by atomic mass is 9.83. The van der Waals surface area contributed by atoms with Gasteiger partial charge >= 0.3 is 12.1 Å². The van der Waals surface area contributed by atoms with E-state index in [1.54, 1.807) is 13.2 Å². The molecule has 4 bridgehead atoms. The lowest BCUT2D eigenvalue weighted by Gasteiger charge is -2.34. The number of carboxylic acids is 1. The number of hydrogen-bond acceptors (Lipinski definition) is 8. The smallest absolute Gasteiger partial charge is 0.407 e. The van der Waals surface area contributed by atoms with Crippen LogP contribution in [0.15, 0.2) is 18.2 Å². The quantitative estimate of drug-likeness (QED) is 0.397. The molecular formula is C36H49N3O8. The Kier molecular flexibility index (Phi) is 9.98. The molecule has 11 nitrogen and oxygen atoms in total. The van der Waals surface area contributed by atoms with E-state index in [2.05, 4.69) is 19.2 Å². The summed E-state index contributed by atoms with van der Waals surface area (Å²) in [5.74, 6) is 0.128. The average Bonchev–Trinajstić information content (AvgIpc) is 3.72. The van der Waals surface area contributed by atoms with Crippen molar-refractivity contribution in [3.8, 4) is 17.4 Å². The van der Waals surface area contributed by atoms with Gasteiger partial charge in [-0.1, -0.05) is 33.1 Å². The zero-order chi connectivity index (χ0) is 33.1. The molecular weight excluding hydrogens is 602 g/mol. The molecule has 2 N–H and O–H groups in total. The predicted octanol–water partition coefficient (Wildman–Crippen LogP) is 6.04. The van der Waals surface area contributed by atoms with Crippen LogP contribution in [0.1, 0.15) is 96.5 Å². The molecule has 2 saturated carbocycles. The van der Waals surface area contributed by atoms with E-state index < -0.39 is 36.2 Å². The number of alkyl carbamates (subject to hydrolysis) is 1. The monoisotopic (exact) mass is 651 g/mol. The van der Waals surface area contributed by atoms with Gasteiger partial charge in [-0.05, 0) is 80.8 Å². The van der Waals surface area contributed by atoms with Gasteiger partial charge in [0.1, 0.15) is 35.8 Å². The summed E-state index contributed by atoms with van der Waals surface area (Å²) in [7, 11) is 1.65. The highest BCUT2D eigenvalue weighted by Crippen LogP contribution is 2.38. The molecule has 1 aromatic carbocycles. The van der Waals surface area contributed by atoms with Gasteiger partial charge in [0, 0.05) is 23.9 Å². The molecule has 3 fully saturated rings. The first kappa shape index (κ1) is 33.2. The number of fused-ring (bicyclic) bond motifs is 3. The molecule has 2 amide bonds. The largest absolute Gasteiger partial charge is 0.496 e. The van der Waals surface area contributed by atoms with Crippen molar-refractivity contribution in [1.82, 2.24) is 15.2 Å². The predicted molar refractivity (Wildman–Crippen MR) is 175 cm³/mol. The van der Waals surface area contributed by atoms with Crippen molar-refractivity contribution in [3.63, 3.8) is 0 Å². The van der Waals surface area contributed by atoms with Gasteiger partial charge in [0.25, 0.3) is 0 Å². The minimum absolute atomic E-state index is 0.0778. The summed E-state index contributed by atoms with van der Waals surface area (Å²) in [6, 6.07) is 3.81. The Bertz CT molecular complexity index is 1470. The van der Waals surface area contributed by atoms with Gasteiger partial charge in [-0.25, -0.2) is 14.6 Å². The maximum absolute atomic E-state index is 14.2. The van der Waals surface area contributed by atoms with Gasteiger partial charge in [0.15, 0.2) is 0 Å². The fraction of sp³-hybridized carbons (Fsp3) is 0.667. The number of benzene rings is 1. The lowest BCUT2D eigenvalue weighted by molar-refractivity contribution is -0.149. The van der Waals surface area contributed by atoms with Gasteiger partial charge in [-0.3, -0.25) is 4.79 Å². The van der Waals surface area contributed by atoms with Gasteiger partial charge in [-0.15, -0.1) is 0 Å². The molecule has 47 heavy (non-hydrogen) atoms. The van der Waals surface area contributed by atoms with Gasteiger partial charge in [0.05, 0.1) is 25.8 Å². The third-order valence-corrected chi connectivity index (χ3v) is 10.4. The summed E-state index contributed by atoms with van der Waals surface area (Å²) in [4.78, 5) is 46.2. The van der Waals surface area contributed by atoms with Crippen molar-refractivity contribution in [1.29, 1.82) is 0 Å². The number of amides is 2. The highest BCUT2D eigenvalue weighted by atomic mass is 16.5. The van der Waals surface area contributed by atoms with Crippen LogP contribution in [0.4, 0.5) is 4.79 Å². The Morgan fingerprint density at radius 1 is 1.04 bits per heavy atom. The first-order valence-corrected chi connectivity index (χ1v) is 17.4. The molecule has 2 aliphatic heterocycles. The van der Waals surface area contributed by atoms with Crippen LogP contribution in [0, 0.1) is 11.3 Å². The molecule has 3 heterocycles. The molecule has 3 atom stereocenters. The van der Waals surface area contributed by atoms with E-state index in [0.717, 1.165) is 88.0 Å². The highest BCUT2D eigenvalue weighted by Gasteiger charge is 2.45. The van der Waals surface area contributed by atoms with Crippen LogP contribution in [0.3, 0.4) is 0 Å². The first-order valence-electron chi connectivity index (χ1n) is 17.4. The van der Waals surface area contributed by atoms with Crippen LogP contribution in [0.2, 0.25) is 0 Å². The van der Waals surface area contributed by atoms with E-state index in [0.29, 0.717) is 22.9 Å². The molecule has 0 spiro atoms. The minimum atomic E-state index is -1.10. The molecule has 1 saturated heterocycles. The second kappa shape index (κ2) is 14.2. The Labute approximate surface area is 276 Å². The second-order valence-electron chi connectivity index (χ2n) is 14.6. The first-order chi connectivity index (χ1) is 22.6. The summed E-state index contributed by atoms with van der Waals surface area (Å²) >= 11 is 0. The van der Waals surface area contributed by atoms with Crippen LogP contribution in [0.5, 0.6) is 17.4 Å². The van der Waals surface area contributed by atoms with E-state index >= 15 is 0 Å². The maximum Gasteiger partial charge on any atom is 0.407 e. The molecule has 2 aliphatic carbocycles. The van der Waals surface area contributed by atoms with Crippen LogP contribution in [0.25, 0.3) is 10.9 Å². The van der Waals surface area contributed by atoms with Crippen molar-refractivity contribution in [2.24, 2.45) is 11.3 Å². The maximum atomic E-state index is 14.2. The zero-order valence-corrected chi connectivity index (χ0v) is 27.9. The van der Waals surface area contributed by atoms with Crippen molar-refractivity contribution in [2.45, 2.75) is 122 Å². The topological polar surface area (TPSA) is 137 Å². The lowest BCUT2D eigenvalue weighted by Crippen LogP contribution is -2.55. The molecule has 11 heteroatoms. The number of carbonyl (C=O) groups is 3. The van der Waals surface area contributed by atoms with Crippen molar-refractivity contribution >= 4 is 28.9 Å². The molecule has 4 aliphatic rings. The molecule has 0 radical (unpaired) electrons. The van der Waals surface area contributed by atoms with Crippen molar-refractivity contribution in [2.75, 3.05) is 20.3 Å². The van der Waals surface area contributed by atoms with Crippen LogP contribution >= 0.6 is 0 Å². The number of aromatic nitrogens is 1. The van der Waals surface area contributed by atoms with Gasteiger partial charge in [-0.2, -0.15) is 0 Å². The Hall–Kier alpha value is -3.76. The summed E-state index contributed by atoms with van der Waals surface area (Å²) in [5.41, 5.74) is 1.35. The van der Waals surface area contributed by atoms with Crippen molar-refractivity contribution in [3.05, 3.63) is 23.8 Å². The molecule has 6 rings (SSSR count). The van der Waals surface area contributed by atoms with Crippen LogP contribution in [-0.4, -0.2) is 77.5 Å². The number of aryl methyl sites for hydroxylation is 1. The molecule has 0 unspecified atom stereocenters. The fourth-order valence-electron chi connectivity index (χ4n) is 7.79. The van der Waals surface area contributed by atoms with E-state index in [9.17, 15) is 19.5 Å². The SMILES string of the molecule is COc1cc2nc(OC3CCCC3)cc3c2cc1CCCC(C)(C)COC(=O)N[C@@H](C1CCCCC1)C(=O)N1C[C@H](C[C@H]1C(=O)O)O3. The number of ether oxygens (including phenoxy) is 4. The van der Waals surface area contributed by atoms with Crippen LogP contribution < -0.4 is 19.5 Å². The molecule has 2 aromatic rings. The molecule has 1 aromatic heterocycles. The number of pyridine rings is 1. The summed E-state index contributed by atoms with van der Waals surface area (Å²) < 4.78 is 24.4. The number of carbonyl (C=O) groups excluding carboxylic acids is 2. The third kappa shape index (κ3) is 7.70. The molecule has 256 valence electrons. The Balaban J connectivity index is 1.39. The number of cyclic esters (lactones) is 1. The number of hydrogen-bond donors (Lipinski definition) is 2. The summed E-state index contributed by atoms with van der Waals surface area (Å²) in [6.07, 6.45) is 10.0. The Morgan fingerprint density at radius 2 is 1.79 bits per heavy atom. The zero-order valence-electron chi connectivity index (χ0n) is 27.9. The fourth-order valence-corrected chi connectivity index (χ4v) is 7.79. The van der Waals surface area contributed by atoms with E-state index in [1.165, 1.54) is 4.90 Å². The van der Waals surface area contributed by atoms with E-state index in [1.807, 2.05) is 12.1 Å². The average molecular weight is 652 g/mol. The van der Waals surface area contributed by atoms with E-state index in [4.69, 9.17) is 23.9 Å². The number of nitrogens with one attached hydrogen (secondary N) is 1. The highest BCUT2D eigenvalue weighted by molar-refractivity contribution is 5.91. The number of nitrogens with zero attached hydrogens (tertiary/aromatic N) is 2. The summed E-state index contributed by atoms with van der Waals surface area (Å²) in [5, 5.41) is 13.9.